The predicted octanol–water partition coefficient (Wildman–Crippen LogP) is -1.04. The summed E-state index contributed by atoms with van der Waals surface area (Å²) < 4.78 is 0. The maximum absolute atomic E-state index is 11.0. The monoisotopic (exact) mass is 188 g/mol. The summed E-state index contributed by atoms with van der Waals surface area (Å²) in [6.07, 6.45) is 0.864. The van der Waals surface area contributed by atoms with E-state index in [0.717, 1.165) is 6.42 Å². The second-order valence-corrected chi connectivity index (χ2v) is 2.76. The lowest BCUT2D eigenvalue weighted by atomic mass is 10.4. The molecule has 0 heterocycles. The highest BCUT2D eigenvalue weighted by Crippen LogP contribution is 1.83. The molecule has 5 heteroatoms. The molecule has 13 heavy (non-hydrogen) atoms. The molecule has 2 N–H and O–H groups in total. The van der Waals surface area contributed by atoms with Crippen molar-refractivity contribution in [3.8, 4) is 0 Å². The highest BCUT2D eigenvalue weighted by atomic mass is 16.3. The number of carbonyl (C=O) groups excluding carboxylic acids is 2. The van der Waals surface area contributed by atoms with Crippen molar-refractivity contribution in [1.82, 2.24) is 10.2 Å². The van der Waals surface area contributed by atoms with Crippen LogP contribution in [0, 0.1) is 0 Å². The maximum Gasteiger partial charge on any atom is 0.248 e. The molecular weight excluding hydrogens is 172 g/mol. The summed E-state index contributed by atoms with van der Waals surface area (Å²) >= 11 is 0. The number of carbonyl (C=O) groups is 2. The standard InChI is InChI=1S/C8H16N2O3/c1-3-4-9-7(12)5-10(2)8(13)6-11/h11H,3-6H2,1-2H3,(H,9,12). The van der Waals surface area contributed by atoms with Crippen molar-refractivity contribution in [2.75, 3.05) is 26.7 Å². The van der Waals surface area contributed by atoms with Gasteiger partial charge in [0.2, 0.25) is 11.8 Å². The topological polar surface area (TPSA) is 69.6 Å². The molecule has 76 valence electrons. The minimum atomic E-state index is -0.558. The molecule has 0 bridgehead atoms. The molecule has 5 nitrogen and oxygen atoms in total. The number of hydrogen-bond donors (Lipinski definition) is 2. The Kier molecular flexibility index (Phi) is 5.88. The zero-order valence-corrected chi connectivity index (χ0v) is 8.04. The molecule has 0 aromatic heterocycles. The summed E-state index contributed by atoms with van der Waals surface area (Å²) in [5, 5.41) is 11.1. The highest BCUT2D eigenvalue weighted by molar-refractivity contribution is 5.84. The molecule has 0 aromatic carbocycles. The number of likely N-dealkylation sites (N-methyl/N-ethyl adjacent to an activating group) is 1. The molecule has 0 radical (unpaired) electrons. The van der Waals surface area contributed by atoms with Gasteiger partial charge in [-0.15, -0.1) is 0 Å². The predicted molar refractivity (Wildman–Crippen MR) is 48.0 cm³/mol. The molecule has 0 atom stereocenters. The van der Waals surface area contributed by atoms with E-state index >= 15 is 0 Å². The van der Waals surface area contributed by atoms with Gasteiger partial charge in [0, 0.05) is 13.6 Å². The smallest absolute Gasteiger partial charge is 0.248 e. The van der Waals surface area contributed by atoms with Crippen LogP contribution in [0.25, 0.3) is 0 Å². The SMILES string of the molecule is CCCNC(=O)CN(C)C(=O)CO. The molecule has 0 aromatic rings. The third-order valence-corrected chi connectivity index (χ3v) is 1.51. The zero-order valence-electron chi connectivity index (χ0n) is 8.04. The van der Waals surface area contributed by atoms with Crippen molar-refractivity contribution < 1.29 is 14.7 Å². The van der Waals surface area contributed by atoms with Crippen LogP contribution in [0.1, 0.15) is 13.3 Å². The van der Waals surface area contributed by atoms with Gasteiger partial charge in [0.1, 0.15) is 6.61 Å². The molecule has 0 rings (SSSR count). The molecule has 0 fully saturated rings. The van der Waals surface area contributed by atoms with Crippen LogP contribution in [-0.4, -0.2) is 48.6 Å². The van der Waals surface area contributed by atoms with Crippen molar-refractivity contribution in [3.63, 3.8) is 0 Å². The van der Waals surface area contributed by atoms with Crippen molar-refractivity contribution in [2.24, 2.45) is 0 Å². The van der Waals surface area contributed by atoms with E-state index in [1.165, 1.54) is 11.9 Å². The van der Waals surface area contributed by atoms with Crippen LogP contribution in [0.3, 0.4) is 0 Å². The van der Waals surface area contributed by atoms with E-state index in [4.69, 9.17) is 5.11 Å². The number of aliphatic hydroxyl groups is 1. The summed E-state index contributed by atoms with van der Waals surface area (Å²) in [6.45, 7) is 2.00. The lowest BCUT2D eigenvalue weighted by Gasteiger charge is -2.14. The van der Waals surface area contributed by atoms with E-state index < -0.39 is 12.5 Å². The number of rotatable bonds is 5. The van der Waals surface area contributed by atoms with Gasteiger partial charge in [-0.2, -0.15) is 0 Å². The summed E-state index contributed by atoms with van der Waals surface area (Å²) in [5.74, 6) is -0.655. The Bertz CT molecular complexity index is 182. The average molecular weight is 188 g/mol. The zero-order chi connectivity index (χ0) is 10.3. The first-order chi connectivity index (χ1) is 6.11. The first-order valence-corrected chi connectivity index (χ1v) is 4.23. The van der Waals surface area contributed by atoms with Crippen LogP contribution in [0.5, 0.6) is 0 Å². The van der Waals surface area contributed by atoms with Crippen molar-refractivity contribution in [2.45, 2.75) is 13.3 Å². The third kappa shape index (κ3) is 5.19. The molecule has 0 saturated carbocycles. The van der Waals surface area contributed by atoms with Gasteiger partial charge >= 0.3 is 0 Å². The molecule has 0 unspecified atom stereocenters. The lowest BCUT2D eigenvalue weighted by Crippen LogP contribution is -2.39. The fourth-order valence-electron chi connectivity index (χ4n) is 0.745. The van der Waals surface area contributed by atoms with E-state index in [-0.39, 0.29) is 12.5 Å². The number of aliphatic hydroxyl groups excluding tert-OH is 1. The van der Waals surface area contributed by atoms with Crippen molar-refractivity contribution in [3.05, 3.63) is 0 Å². The second kappa shape index (κ2) is 6.42. The Morgan fingerprint density at radius 2 is 2.08 bits per heavy atom. The van der Waals surface area contributed by atoms with Crippen LogP contribution >= 0.6 is 0 Å². The molecule has 0 spiro atoms. The lowest BCUT2D eigenvalue weighted by molar-refractivity contribution is -0.136. The van der Waals surface area contributed by atoms with Gasteiger partial charge in [0.25, 0.3) is 0 Å². The fourth-order valence-corrected chi connectivity index (χ4v) is 0.745. The van der Waals surface area contributed by atoms with Crippen LogP contribution in [-0.2, 0) is 9.59 Å². The summed E-state index contributed by atoms with van der Waals surface area (Å²) in [7, 11) is 1.48. The Balaban J connectivity index is 3.71. The Hall–Kier alpha value is -1.10. The van der Waals surface area contributed by atoms with Gasteiger partial charge in [0.05, 0.1) is 6.54 Å². The molecule has 2 amide bonds. The summed E-state index contributed by atoms with van der Waals surface area (Å²) in [4.78, 5) is 23.0. The van der Waals surface area contributed by atoms with Crippen LogP contribution in [0.4, 0.5) is 0 Å². The Morgan fingerprint density at radius 1 is 1.46 bits per heavy atom. The van der Waals surface area contributed by atoms with E-state index in [9.17, 15) is 9.59 Å². The van der Waals surface area contributed by atoms with Crippen molar-refractivity contribution >= 4 is 11.8 Å². The van der Waals surface area contributed by atoms with E-state index in [0.29, 0.717) is 6.54 Å². The van der Waals surface area contributed by atoms with Gasteiger partial charge in [-0.25, -0.2) is 0 Å². The van der Waals surface area contributed by atoms with Crippen molar-refractivity contribution in [1.29, 1.82) is 0 Å². The normalized spacial score (nSPS) is 9.46. The van der Waals surface area contributed by atoms with Gasteiger partial charge in [-0.05, 0) is 6.42 Å². The van der Waals surface area contributed by atoms with Gasteiger partial charge in [0.15, 0.2) is 0 Å². The van der Waals surface area contributed by atoms with Gasteiger partial charge < -0.3 is 15.3 Å². The highest BCUT2D eigenvalue weighted by Gasteiger charge is 2.10. The third-order valence-electron chi connectivity index (χ3n) is 1.51. The first kappa shape index (κ1) is 11.9. The fraction of sp³-hybridized carbons (Fsp3) is 0.750. The largest absolute Gasteiger partial charge is 0.387 e. The minimum Gasteiger partial charge on any atom is -0.387 e. The quantitative estimate of drug-likeness (QED) is 0.579. The second-order valence-electron chi connectivity index (χ2n) is 2.76. The van der Waals surface area contributed by atoms with E-state index in [1.807, 2.05) is 6.92 Å². The number of hydrogen-bond acceptors (Lipinski definition) is 3. The molecular formula is C8H16N2O3. The summed E-state index contributed by atoms with van der Waals surface area (Å²) in [5.41, 5.74) is 0. The molecule has 0 saturated heterocycles. The maximum atomic E-state index is 11.0. The summed E-state index contributed by atoms with van der Waals surface area (Å²) in [6, 6.07) is 0. The van der Waals surface area contributed by atoms with Crippen LogP contribution < -0.4 is 5.32 Å². The van der Waals surface area contributed by atoms with Crippen LogP contribution in [0.2, 0.25) is 0 Å². The Morgan fingerprint density at radius 3 is 2.54 bits per heavy atom. The number of nitrogens with zero attached hydrogens (tertiary/aromatic N) is 1. The average Bonchev–Trinajstić information content (AvgIpc) is 2.13. The minimum absolute atomic E-state index is 0.000602. The Labute approximate surface area is 77.7 Å². The molecule has 0 aliphatic rings. The first-order valence-electron chi connectivity index (χ1n) is 4.23. The van der Waals surface area contributed by atoms with Gasteiger partial charge in [-0.3, -0.25) is 9.59 Å². The molecule has 0 aliphatic carbocycles. The number of amides is 2. The van der Waals surface area contributed by atoms with E-state index in [2.05, 4.69) is 5.32 Å². The van der Waals surface area contributed by atoms with E-state index in [1.54, 1.807) is 0 Å². The van der Waals surface area contributed by atoms with Crippen LogP contribution in [0.15, 0.2) is 0 Å². The molecule has 0 aliphatic heterocycles. The van der Waals surface area contributed by atoms with Gasteiger partial charge in [-0.1, -0.05) is 6.92 Å². The number of nitrogens with one attached hydrogen (secondary N) is 1.